The number of amides is 2. The van der Waals surface area contributed by atoms with Crippen LogP contribution < -0.4 is 15.4 Å². The van der Waals surface area contributed by atoms with Crippen LogP contribution in [0.15, 0.2) is 36.4 Å². The molecule has 0 aliphatic carbocycles. The number of benzene rings is 2. The van der Waals surface area contributed by atoms with Crippen LogP contribution in [-0.4, -0.2) is 50.4 Å². The van der Waals surface area contributed by atoms with Crippen molar-refractivity contribution in [3.63, 3.8) is 0 Å². The number of carbonyl (C=O) groups is 3. The molecular weight excluding hydrogens is 388 g/mol. The number of ether oxygens (including phenoxy) is 3. The molecule has 162 valence electrons. The van der Waals surface area contributed by atoms with Gasteiger partial charge >= 0.3 is 12.1 Å². The van der Waals surface area contributed by atoms with Crippen LogP contribution >= 0.6 is 0 Å². The number of fused-ring (bicyclic) bond motifs is 1. The molecule has 0 fully saturated rings. The van der Waals surface area contributed by atoms with Crippen molar-refractivity contribution in [1.82, 2.24) is 10.6 Å². The van der Waals surface area contributed by atoms with E-state index in [9.17, 15) is 14.4 Å². The van der Waals surface area contributed by atoms with Crippen molar-refractivity contribution in [1.29, 1.82) is 0 Å². The summed E-state index contributed by atoms with van der Waals surface area (Å²) in [4.78, 5) is 35.2. The van der Waals surface area contributed by atoms with E-state index in [1.165, 1.54) is 0 Å². The van der Waals surface area contributed by atoms with Crippen molar-refractivity contribution in [2.75, 3.05) is 26.8 Å². The molecule has 2 amide bonds. The van der Waals surface area contributed by atoms with E-state index in [0.29, 0.717) is 0 Å². The SMILES string of the molecule is COc1ccc2cc(CC(=O)OCCNC(=O)CNC(=O)OC(C)(C)C)ccc2c1. The Labute approximate surface area is 175 Å². The summed E-state index contributed by atoms with van der Waals surface area (Å²) in [7, 11) is 1.62. The molecule has 2 aromatic carbocycles. The summed E-state index contributed by atoms with van der Waals surface area (Å²) in [5, 5.41) is 6.94. The predicted octanol–water partition coefficient (Wildman–Crippen LogP) is 2.58. The minimum absolute atomic E-state index is 0.0434. The molecule has 0 unspecified atom stereocenters. The highest BCUT2D eigenvalue weighted by atomic mass is 16.6. The Morgan fingerprint density at radius 3 is 2.37 bits per heavy atom. The van der Waals surface area contributed by atoms with Gasteiger partial charge in [-0.2, -0.15) is 0 Å². The van der Waals surface area contributed by atoms with Crippen LogP contribution in [0, 0.1) is 0 Å². The molecule has 0 spiro atoms. The summed E-state index contributed by atoms with van der Waals surface area (Å²) in [5.74, 6) is -0.0103. The van der Waals surface area contributed by atoms with Crippen molar-refractivity contribution in [3.05, 3.63) is 42.0 Å². The van der Waals surface area contributed by atoms with Crippen LogP contribution in [0.3, 0.4) is 0 Å². The number of methoxy groups -OCH3 is 1. The van der Waals surface area contributed by atoms with Gasteiger partial charge in [0.05, 0.1) is 26.6 Å². The zero-order valence-corrected chi connectivity index (χ0v) is 17.7. The van der Waals surface area contributed by atoms with Gasteiger partial charge in [0.25, 0.3) is 0 Å². The van der Waals surface area contributed by atoms with E-state index in [2.05, 4.69) is 10.6 Å². The van der Waals surface area contributed by atoms with Crippen LogP contribution in [0.25, 0.3) is 10.8 Å². The Kier molecular flexibility index (Phi) is 8.03. The van der Waals surface area contributed by atoms with E-state index in [4.69, 9.17) is 14.2 Å². The van der Waals surface area contributed by atoms with Gasteiger partial charge in [0.15, 0.2) is 0 Å². The topological polar surface area (TPSA) is 103 Å². The van der Waals surface area contributed by atoms with E-state index in [1.807, 2.05) is 36.4 Å². The number of esters is 1. The second-order valence-electron chi connectivity index (χ2n) is 7.65. The Bertz CT molecular complexity index is 904. The molecule has 2 N–H and O–H groups in total. The van der Waals surface area contributed by atoms with Gasteiger partial charge in [-0.05, 0) is 49.2 Å². The molecule has 2 rings (SSSR count). The van der Waals surface area contributed by atoms with Crippen LogP contribution in [0.4, 0.5) is 4.79 Å². The first-order valence-corrected chi connectivity index (χ1v) is 9.62. The van der Waals surface area contributed by atoms with Gasteiger partial charge in [-0.25, -0.2) is 4.79 Å². The third kappa shape index (κ3) is 7.98. The quantitative estimate of drug-likeness (QED) is 0.506. The number of alkyl carbamates (subject to hydrolysis) is 1. The molecule has 0 atom stereocenters. The van der Waals surface area contributed by atoms with Crippen molar-refractivity contribution in [2.24, 2.45) is 0 Å². The van der Waals surface area contributed by atoms with Gasteiger partial charge in [-0.1, -0.05) is 24.3 Å². The van der Waals surface area contributed by atoms with Gasteiger partial charge in [-0.15, -0.1) is 0 Å². The van der Waals surface area contributed by atoms with Crippen molar-refractivity contribution < 1.29 is 28.6 Å². The predicted molar refractivity (Wildman–Crippen MR) is 112 cm³/mol. The third-order valence-electron chi connectivity index (χ3n) is 3.94. The Morgan fingerprint density at radius 2 is 1.67 bits per heavy atom. The lowest BCUT2D eigenvalue weighted by molar-refractivity contribution is -0.143. The number of nitrogens with one attached hydrogen (secondary N) is 2. The maximum Gasteiger partial charge on any atom is 0.408 e. The number of hydrogen-bond acceptors (Lipinski definition) is 6. The lowest BCUT2D eigenvalue weighted by atomic mass is 10.0. The standard InChI is InChI=1S/C22H28N2O6/c1-22(2,3)30-21(27)24-14-19(25)23-9-10-29-20(26)12-15-5-6-17-13-18(28-4)8-7-16(17)11-15/h5-8,11,13H,9-10,12,14H2,1-4H3,(H,23,25)(H,24,27). The fourth-order valence-corrected chi connectivity index (χ4v) is 2.61. The molecule has 8 nitrogen and oxygen atoms in total. The summed E-state index contributed by atoms with van der Waals surface area (Å²) in [6, 6.07) is 11.5. The van der Waals surface area contributed by atoms with Gasteiger partial charge in [0, 0.05) is 0 Å². The summed E-state index contributed by atoms with van der Waals surface area (Å²) < 4.78 is 15.4. The Balaban J connectivity index is 1.68. The monoisotopic (exact) mass is 416 g/mol. The molecular formula is C22H28N2O6. The molecule has 30 heavy (non-hydrogen) atoms. The van der Waals surface area contributed by atoms with Crippen molar-refractivity contribution in [3.8, 4) is 5.75 Å². The highest BCUT2D eigenvalue weighted by molar-refractivity contribution is 5.86. The number of rotatable bonds is 8. The molecule has 0 saturated heterocycles. The Morgan fingerprint density at radius 1 is 0.967 bits per heavy atom. The lowest BCUT2D eigenvalue weighted by Crippen LogP contribution is -2.40. The molecule has 0 saturated carbocycles. The van der Waals surface area contributed by atoms with Crippen LogP contribution in [-0.2, 0) is 25.5 Å². The smallest absolute Gasteiger partial charge is 0.408 e. The minimum Gasteiger partial charge on any atom is -0.497 e. The zero-order valence-electron chi connectivity index (χ0n) is 17.7. The van der Waals surface area contributed by atoms with Crippen LogP contribution in [0.2, 0.25) is 0 Å². The fraction of sp³-hybridized carbons (Fsp3) is 0.409. The van der Waals surface area contributed by atoms with E-state index in [-0.39, 0.29) is 32.1 Å². The van der Waals surface area contributed by atoms with Crippen LogP contribution in [0.1, 0.15) is 26.3 Å². The second kappa shape index (κ2) is 10.5. The average molecular weight is 416 g/mol. The molecule has 0 aromatic heterocycles. The third-order valence-corrected chi connectivity index (χ3v) is 3.94. The largest absolute Gasteiger partial charge is 0.497 e. The molecule has 0 heterocycles. The highest BCUT2D eigenvalue weighted by Crippen LogP contribution is 2.22. The van der Waals surface area contributed by atoms with Gasteiger partial charge < -0.3 is 24.8 Å². The first-order valence-electron chi connectivity index (χ1n) is 9.62. The molecule has 0 radical (unpaired) electrons. The molecule has 2 aromatic rings. The maximum atomic E-state index is 12.0. The Hall–Kier alpha value is -3.29. The zero-order chi connectivity index (χ0) is 22.1. The van der Waals surface area contributed by atoms with E-state index in [1.54, 1.807) is 27.9 Å². The second-order valence-corrected chi connectivity index (χ2v) is 7.65. The summed E-state index contributed by atoms with van der Waals surface area (Å²) in [6.07, 6.45) is -0.534. The normalized spacial score (nSPS) is 10.9. The van der Waals surface area contributed by atoms with Crippen LogP contribution in [0.5, 0.6) is 5.75 Å². The van der Waals surface area contributed by atoms with E-state index < -0.39 is 17.6 Å². The van der Waals surface area contributed by atoms with Crippen molar-refractivity contribution in [2.45, 2.75) is 32.8 Å². The van der Waals surface area contributed by atoms with E-state index >= 15 is 0 Å². The molecule has 0 aliphatic heterocycles. The maximum absolute atomic E-state index is 12.0. The first kappa shape index (κ1) is 23.0. The number of carbonyl (C=O) groups excluding carboxylic acids is 3. The minimum atomic E-state index is -0.669. The summed E-state index contributed by atoms with van der Waals surface area (Å²) in [5.41, 5.74) is 0.204. The summed E-state index contributed by atoms with van der Waals surface area (Å²) >= 11 is 0. The molecule has 0 bridgehead atoms. The van der Waals surface area contributed by atoms with E-state index in [0.717, 1.165) is 22.1 Å². The average Bonchev–Trinajstić information content (AvgIpc) is 2.68. The van der Waals surface area contributed by atoms with Gasteiger partial charge in [0.1, 0.15) is 18.0 Å². The summed E-state index contributed by atoms with van der Waals surface area (Å²) in [6.45, 7) is 5.17. The molecule has 0 aliphatic rings. The van der Waals surface area contributed by atoms with Gasteiger partial charge in [0.2, 0.25) is 5.91 Å². The van der Waals surface area contributed by atoms with Crippen molar-refractivity contribution >= 4 is 28.7 Å². The fourth-order valence-electron chi connectivity index (χ4n) is 2.61. The highest BCUT2D eigenvalue weighted by Gasteiger charge is 2.16. The number of hydrogen-bond donors (Lipinski definition) is 2. The van der Waals surface area contributed by atoms with Gasteiger partial charge in [-0.3, -0.25) is 9.59 Å². The molecule has 8 heteroatoms. The lowest BCUT2D eigenvalue weighted by Gasteiger charge is -2.19. The first-order chi connectivity index (χ1) is 14.2.